The standard InChI is InChI=1S/C20H28N6O2/c1-4-14-13(3)17(24-23-14)19(28)25-10-7-20(8-11-25)18-15(21-12-22-18)6-9-26(20)16(27)5-2/h12H,4-11H2,1-3H3,(H,21,22)(H,23,24). The summed E-state index contributed by atoms with van der Waals surface area (Å²) in [5, 5.41) is 7.23. The van der Waals surface area contributed by atoms with Gasteiger partial charge in [-0.15, -0.1) is 0 Å². The average molecular weight is 384 g/mol. The molecule has 1 saturated heterocycles. The van der Waals surface area contributed by atoms with Crippen molar-refractivity contribution in [1.29, 1.82) is 0 Å². The second-order valence-electron chi connectivity index (χ2n) is 7.73. The zero-order valence-corrected chi connectivity index (χ0v) is 16.8. The molecule has 2 N–H and O–H groups in total. The van der Waals surface area contributed by atoms with Gasteiger partial charge in [0.2, 0.25) is 5.91 Å². The van der Waals surface area contributed by atoms with Gasteiger partial charge in [-0.2, -0.15) is 5.10 Å². The summed E-state index contributed by atoms with van der Waals surface area (Å²) in [6.07, 6.45) is 5.24. The molecule has 2 aromatic heterocycles. The summed E-state index contributed by atoms with van der Waals surface area (Å²) >= 11 is 0. The van der Waals surface area contributed by atoms with Gasteiger partial charge in [0.05, 0.1) is 17.6 Å². The van der Waals surface area contributed by atoms with E-state index < -0.39 is 5.54 Å². The largest absolute Gasteiger partial charge is 0.348 e. The summed E-state index contributed by atoms with van der Waals surface area (Å²) in [5.74, 6) is 0.124. The number of nitrogens with zero attached hydrogens (tertiary/aromatic N) is 4. The van der Waals surface area contributed by atoms with Gasteiger partial charge < -0.3 is 14.8 Å². The molecule has 0 saturated carbocycles. The number of carbonyl (C=O) groups excluding carboxylic acids is 2. The normalized spacial score (nSPS) is 18.4. The average Bonchev–Trinajstić information content (AvgIpc) is 3.35. The number of likely N-dealkylation sites (tertiary alicyclic amines) is 1. The minimum atomic E-state index is -0.410. The number of carbonyl (C=O) groups is 2. The third-order valence-corrected chi connectivity index (χ3v) is 6.41. The molecule has 2 aliphatic heterocycles. The number of imidazole rings is 1. The molecular weight excluding hydrogens is 356 g/mol. The van der Waals surface area contributed by atoms with Crippen molar-refractivity contribution in [3.8, 4) is 0 Å². The summed E-state index contributed by atoms with van der Waals surface area (Å²) in [6.45, 7) is 7.77. The minimum Gasteiger partial charge on any atom is -0.348 e. The van der Waals surface area contributed by atoms with Crippen molar-refractivity contribution in [3.05, 3.63) is 34.7 Å². The molecule has 0 unspecified atom stereocenters. The number of H-pyrrole nitrogens is 2. The molecule has 2 aliphatic rings. The molecule has 0 atom stereocenters. The van der Waals surface area contributed by atoms with E-state index in [-0.39, 0.29) is 11.8 Å². The number of hydrogen-bond donors (Lipinski definition) is 2. The van der Waals surface area contributed by atoms with Gasteiger partial charge in [-0.25, -0.2) is 4.98 Å². The highest BCUT2D eigenvalue weighted by Gasteiger charge is 2.49. The van der Waals surface area contributed by atoms with Gasteiger partial charge in [-0.1, -0.05) is 13.8 Å². The molecular formula is C20H28N6O2. The summed E-state index contributed by atoms with van der Waals surface area (Å²) in [5.41, 5.74) is 4.14. The number of piperidine rings is 1. The zero-order chi connectivity index (χ0) is 19.9. The van der Waals surface area contributed by atoms with Crippen LogP contribution in [0, 0.1) is 6.92 Å². The smallest absolute Gasteiger partial charge is 0.274 e. The lowest BCUT2D eigenvalue weighted by Gasteiger charge is -2.50. The molecule has 0 aliphatic carbocycles. The van der Waals surface area contributed by atoms with Gasteiger partial charge >= 0.3 is 0 Å². The molecule has 1 spiro atoms. The maximum absolute atomic E-state index is 13.0. The first-order valence-corrected chi connectivity index (χ1v) is 10.2. The maximum atomic E-state index is 13.0. The lowest BCUT2D eigenvalue weighted by Crippen LogP contribution is -2.58. The SMILES string of the molecule is CCC(=O)N1CCc2[nH]cnc2C12CCN(C(=O)c1n[nH]c(CC)c1C)CC2. The number of amides is 2. The van der Waals surface area contributed by atoms with Crippen LogP contribution in [0.1, 0.15) is 66.2 Å². The molecule has 2 aromatic rings. The molecule has 1 fully saturated rings. The van der Waals surface area contributed by atoms with Crippen LogP contribution in [-0.4, -0.2) is 61.4 Å². The van der Waals surface area contributed by atoms with Crippen molar-refractivity contribution in [2.75, 3.05) is 19.6 Å². The molecule has 4 rings (SSSR count). The van der Waals surface area contributed by atoms with Crippen LogP contribution in [0.3, 0.4) is 0 Å². The van der Waals surface area contributed by atoms with Crippen LogP contribution in [0.2, 0.25) is 0 Å². The molecule has 8 nitrogen and oxygen atoms in total. The molecule has 0 bridgehead atoms. The minimum absolute atomic E-state index is 0.0327. The van der Waals surface area contributed by atoms with Gasteiger partial charge in [0, 0.05) is 49.4 Å². The Hall–Kier alpha value is -2.64. The van der Waals surface area contributed by atoms with Crippen LogP contribution in [0.15, 0.2) is 6.33 Å². The van der Waals surface area contributed by atoms with E-state index in [1.807, 2.05) is 30.6 Å². The Morgan fingerprint density at radius 1 is 1.21 bits per heavy atom. The first-order valence-electron chi connectivity index (χ1n) is 10.2. The van der Waals surface area contributed by atoms with Crippen LogP contribution < -0.4 is 0 Å². The highest BCUT2D eigenvalue weighted by molar-refractivity contribution is 5.94. The molecule has 8 heteroatoms. The zero-order valence-electron chi connectivity index (χ0n) is 16.8. The number of fused-ring (bicyclic) bond motifs is 2. The summed E-state index contributed by atoms with van der Waals surface area (Å²) in [6, 6.07) is 0. The lowest BCUT2D eigenvalue weighted by molar-refractivity contribution is -0.141. The second-order valence-corrected chi connectivity index (χ2v) is 7.73. The summed E-state index contributed by atoms with van der Waals surface area (Å²) < 4.78 is 0. The molecule has 2 amide bonds. The lowest BCUT2D eigenvalue weighted by atomic mass is 9.78. The van der Waals surface area contributed by atoms with E-state index in [9.17, 15) is 9.59 Å². The Kier molecular flexibility index (Phi) is 4.72. The molecule has 0 aromatic carbocycles. The van der Waals surface area contributed by atoms with E-state index in [0.717, 1.165) is 35.5 Å². The Balaban J connectivity index is 1.58. The quantitative estimate of drug-likeness (QED) is 0.845. The monoisotopic (exact) mass is 384 g/mol. The summed E-state index contributed by atoms with van der Waals surface area (Å²) in [4.78, 5) is 37.4. The van der Waals surface area contributed by atoms with E-state index in [0.29, 0.717) is 44.6 Å². The van der Waals surface area contributed by atoms with Crippen molar-refractivity contribution < 1.29 is 9.59 Å². The number of aromatic amines is 2. The second kappa shape index (κ2) is 7.07. The maximum Gasteiger partial charge on any atom is 0.274 e. The number of hydrogen-bond acceptors (Lipinski definition) is 4. The Morgan fingerprint density at radius 2 is 1.96 bits per heavy atom. The van der Waals surface area contributed by atoms with E-state index in [4.69, 9.17) is 0 Å². The fraction of sp³-hybridized carbons (Fsp3) is 0.600. The number of aromatic nitrogens is 4. The van der Waals surface area contributed by atoms with Gasteiger partial charge in [0.25, 0.3) is 5.91 Å². The van der Waals surface area contributed by atoms with E-state index in [1.54, 1.807) is 6.33 Å². The predicted molar refractivity (Wildman–Crippen MR) is 104 cm³/mol. The highest BCUT2D eigenvalue weighted by Crippen LogP contribution is 2.42. The van der Waals surface area contributed by atoms with E-state index >= 15 is 0 Å². The van der Waals surface area contributed by atoms with E-state index in [1.165, 1.54) is 0 Å². The molecule has 0 radical (unpaired) electrons. The Morgan fingerprint density at radius 3 is 2.61 bits per heavy atom. The first kappa shape index (κ1) is 18.7. The predicted octanol–water partition coefficient (Wildman–Crippen LogP) is 1.93. The number of nitrogens with one attached hydrogen (secondary N) is 2. The third-order valence-electron chi connectivity index (χ3n) is 6.41. The van der Waals surface area contributed by atoms with Crippen molar-refractivity contribution in [2.45, 2.75) is 58.4 Å². The number of rotatable bonds is 3. The van der Waals surface area contributed by atoms with Crippen LogP contribution in [0.25, 0.3) is 0 Å². The fourth-order valence-corrected chi connectivity index (χ4v) is 4.76. The topological polar surface area (TPSA) is 98.0 Å². The van der Waals surface area contributed by atoms with Crippen molar-refractivity contribution in [1.82, 2.24) is 30.0 Å². The Bertz CT molecular complexity index is 890. The molecule has 28 heavy (non-hydrogen) atoms. The van der Waals surface area contributed by atoms with Crippen molar-refractivity contribution in [2.24, 2.45) is 0 Å². The molecule has 4 heterocycles. The van der Waals surface area contributed by atoms with Gasteiger partial charge in [0.1, 0.15) is 0 Å². The van der Waals surface area contributed by atoms with Crippen LogP contribution in [-0.2, 0) is 23.2 Å². The van der Waals surface area contributed by atoms with Gasteiger partial charge in [0.15, 0.2) is 5.69 Å². The fourth-order valence-electron chi connectivity index (χ4n) is 4.76. The third kappa shape index (κ3) is 2.73. The van der Waals surface area contributed by atoms with Gasteiger partial charge in [-0.3, -0.25) is 14.7 Å². The number of aryl methyl sites for hydroxylation is 1. The van der Waals surface area contributed by atoms with Gasteiger partial charge in [-0.05, 0) is 26.2 Å². The van der Waals surface area contributed by atoms with Crippen molar-refractivity contribution >= 4 is 11.8 Å². The van der Waals surface area contributed by atoms with Crippen LogP contribution in [0.5, 0.6) is 0 Å². The first-order chi connectivity index (χ1) is 13.5. The van der Waals surface area contributed by atoms with Crippen molar-refractivity contribution in [3.63, 3.8) is 0 Å². The van der Waals surface area contributed by atoms with Crippen LogP contribution >= 0.6 is 0 Å². The molecule has 150 valence electrons. The Labute approximate surface area is 164 Å². The van der Waals surface area contributed by atoms with E-state index in [2.05, 4.69) is 20.2 Å². The summed E-state index contributed by atoms with van der Waals surface area (Å²) in [7, 11) is 0. The van der Waals surface area contributed by atoms with Crippen LogP contribution in [0.4, 0.5) is 0 Å². The highest BCUT2D eigenvalue weighted by atomic mass is 16.2.